The fourth-order valence-electron chi connectivity index (χ4n) is 4.15. The summed E-state index contributed by atoms with van der Waals surface area (Å²) in [5.74, 6) is -1.29. The van der Waals surface area contributed by atoms with Crippen LogP contribution < -0.4 is 10.6 Å². The number of carbonyl (C=O) groups excluding carboxylic acids is 4. The highest BCUT2D eigenvalue weighted by Gasteiger charge is 2.40. The Kier molecular flexibility index (Phi) is 4.94. The van der Waals surface area contributed by atoms with E-state index in [0.29, 0.717) is 27.3 Å². The standard InChI is InChI=1S/C23H18ClN3O5/c24-20-13(10-25-22(30)18-9-12-3-1-2-4-17(12)32-18)5-6-14-15(20)11-27(23(14)31)16-7-8-19(28)26-21(16)29/h1-6,9,16H,7-8,10-11H2,(H,25,30)(H,26,28,29). The largest absolute Gasteiger partial charge is 0.451 e. The fraction of sp³-hybridized carbons (Fsp3) is 0.217. The van der Waals surface area contributed by atoms with Crippen LogP contribution >= 0.6 is 11.6 Å². The Morgan fingerprint density at radius 2 is 2.00 bits per heavy atom. The molecule has 2 N–H and O–H groups in total. The minimum Gasteiger partial charge on any atom is -0.451 e. The summed E-state index contributed by atoms with van der Waals surface area (Å²) in [6.07, 6.45) is 0.464. The molecule has 4 amide bonds. The molecule has 2 aromatic carbocycles. The van der Waals surface area contributed by atoms with Crippen molar-refractivity contribution in [1.29, 1.82) is 0 Å². The molecule has 1 aromatic heterocycles. The lowest BCUT2D eigenvalue weighted by Gasteiger charge is -2.29. The molecule has 0 aliphatic carbocycles. The first kappa shape index (κ1) is 20.3. The molecule has 0 radical (unpaired) electrons. The minimum atomic E-state index is -0.708. The van der Waals surface area contributed by atoms with Gasteiger partial charge in [0.05, 0.1) is 5.02 Å². The first-order chi connectivity index (χ1) is 15.4. The van der Waals surface area contributed by atoms with Gasteiger partial charge in [0.1, 0.15) is 11.6 Å². The second-order valence-corrected chi connectivity index (χ2v) is 8.17. The number of fused-ring (bicyclic) bond motifs is 2. The van der Waals surface area contributed by atoms with E-state index in [9.17, 15) is 19.2 Å². The average Bonchev–Trinajstić information content (AvgIpc) is 3.35. The van der Waals surface area contributed by atoms with Gasteiger partial charge >= 0.3 is 0 Å². The Morgan fingerprint density at radius 3 is 2.78 bits per heavy atom. The van der Waals surface area contributed by atoms with E-state index in [2.05, 4.69) is 10.6 Å². The number of carbonyl (C=O) groups is 4. The van der Waals surface area contributed by atoms with Crippen LogP contribution in [0.15, 0.2) is 46.9 Å². The van der Waals surface area contributed by atoms with Crippen LogP contribution in [0.1, 0.15) is 44.9 Å². The van der Waals surface area contributed by atoms with Crippen molar-refractivity contribution in [2.24, 2.45) is 0 Å². The van der Waals surface area contributed by atoms with Gasteiger partial charge in [0.15, 0.2) is 5.76 Å². The first-order valence-corrected chi connectivity index (χ1v) is 10.5. The summed E-state index contributed by atoms with van der Waals surface area (Å²) >= 11 is 6.57. The predicted molar refractivity (Wildman–Crippen MR) is 115 cm³/mol. The summed E-state index contributed by atoms with van der Waals surface area (Å²) in [4.78, 5) is 50.4. The Labute approximate surface area is 187 Å². The third kappa shape index (κ3) is 3.42. The van der Waals surface area contributed by atoms with E-state index >= 15 is 0 Å². The molecule has 8 nitrogen and oxygen atoms in total. The molecule has 3 aromatic rings. The van der Waals surface area contributed by atoms with E-state index in [1.54, 1.807) is 24.3 Å². The first-order valence-electron chi connectivity index (χ1n) is 10.1. The van der Waals surface area contributed by atoms with Crippen LogP contribution in [0, 0.1) is 0 Å². The number of furan rings is 1. The van der Waals surface area contributed by atoms with E-state index in [1.165, 1.54) is 4.90 Å². The average molecular weight is 452 g/mol. The Bertz CT molecular complexity index is 1270. The number of hydrogen-bond acceptors (Lipinski definition) is 5. The van der Waals surface area contributed by atoms with Crippen LogP contribution in [0.3, 0.4) is 0 Å². The second kappa shape index (κ2) is 7.80. The molecule has 3 heterocycles. The maximum Gasteiger partial charge on any atom is 0.287 e. The fourth-order valence-corrected chi connectivity index (χ4v) is 4.44. The SMILES string of the molecule is O=C1CCC(N2Cc3c(ccc(CNC(=O)c4cc5ccccc5o4)c3Cl)C2=O)C(=O)N1. The van der Waals surface area contributed by atoms with Gasteiger partial charge in [-0.05, 0) is 30.2 Å². The van der Waals surface area contributed by atoms with Crippen LogP contribution in [-0.2, 0) is 22.7 Å². The minimum absolute atomic E-state index is 0.147. The second-order valence-electron chi connectivity index (χ2n) is 7.80. The molecule has 1 atom stereocenters. The maximum atomic E-state index is 12.8. The summed E-state index contributed by atoms with van der Waals surface area (Å²) in [5, 5.41) is 6.27. The number of amides is 4. The van der Waals surface area contributed by atoms with Crippen molar-refractivity contribution < 1.29 is 23.6 Å². The molecule has 32 heavy (non-hydrogen) atoms. The zero-order chi connectivity index (χ0) is 22.4. The molecular weight excluding hydrogens is 434 g/mol. The molecule has 0 bridgehead atoms. The summed E-state index contributed by atoms with van der Waals surface area (Å²) in [5.41, 5.74) is 2.30. The Hall–Kier alpha value is -3.65. The third-order valence-electron chi connectivity index (χ3n) is 5.82. The number of benzene rings is 2. The van der Waals surface area contributed by atoms with Gasteiger partial charge < -0.3 is 14.6 Å². The zero-order valence-corrected chi connectivity index (χ0v) is 17.6. The topological polar surface area (TPSA) is 109 Å². The van der Waals surface area contributed by atoms with Gasteiger partial charge in [-0.2, -0.15) is 0 Å². The number of halogens is 1. The highest BCUT2D eigenvalue weighted by molar-refractivity contribution is 6.33. The van der Waals surface area contributed by atoms with Crippen molar-refractivity contribution in [1.82, 2.24) is 15.5 Å². The number of piperidine rings is 1. The molecular formula is C23H18ClN3O5. The zero-order valence-electron chi connectivity index (χ0n) is 16.8. The van der Waals surface area contributed by atoms with Gasteiger partial charge in [0, 0.05) is 36.0 Å². The molecule has 1 unspecified atom stereocenters. The highest BCUT2D eigenvalue weighted by atomic mass is 35.5. The van der Waals surface area contributed by atoms with Crippen LogP contribution in [0.2, 0.25) is 5.02 Å². The maximum absolute atomic E-state index is 12.8. The van der Waals surface area contributed by atoms with Gasteiger partial charge in [-0.3, -0.25) is 24.5 Å². The number of nitrogens with zero attached hydrogens (tertiary/aromatic N) is 1. The van der Waals surface area contributed by atoms with Crippen molar-refractivity contribution in [3.8, 4) is 0 Å². The molecule has 1 fully saturated rings. The summed E-state index contributed by atoms with van der Waals surface area (Å²) in [6, 6.07) is 11.6. The van der Waals surface area contributed by atoms with Crippen molar-refractivity contribution >= 4 is 46.2 Å². The lowest BCUT2D eigenvalue weighted by atomic mass is 10.0. The van der Waals surface area contributed by atoms with E-state index in [1.807, 2.05) is 18.2 Å². The molecule has 0 saturated carbocycles. The molecule has 2 aliphatic rings. The summed E-state index contributed by atoms with van der Waals surface area (Å²) in [7, 11) is 0. The predicted octanol–water partition coefficient (Wildman–Crippen LogP) is 2.78. The summed E-state index contributed by atoms with van der Waals surface area (Å²) in [6.45, 7) is 0.319. The number of hydrogen-bond donors (Lipinski definition) is 2. The monoisotopic (exact) mass is 451 g/mol. The lowest BCUT2D eigenvalue weighted by Crippen LogP contribution is -2.52. The van der Waals surface area contributed by atoms with E-state index < -0.39 is 11.9 Å². The number of para-hydroxylation sites is 1. The van der Waals surface area contributed by atoms with Gasteiger partial charge in [0.25, 0.3) is 11.8 Å². The van der Waals surface area contributed by atoms with Gasteiger partial charge in [-0.15, -0.1) is 0 Å². The number of nitrogens with one attached hydrogen (secondary N) is 2. The molecule has 0 spiro atoms. The van der Waals surface area contributed by atoms with E-state index in [0.717, 1.165) is 5.39 Å². The van der Waals surface area contributed by atoms with Crippen molar-refractivity contribution in [2.75, 3.05) is 0 Å². The number of rotatable bonds is 4. The van der Waals surface area contributed by atoms with Gasteiger partial charge in [-0.25, -0.2) is 0 Å². The van der Waals surface area contributed by atoms with Crippen LogP contribution in [-0.4, -0.2) is 34.6 Å². The molecule has 5 rings (SSSR count). The smallest absolute Gasteiger partial charge is 0.287 e. The third-order valence-corrected chi connectivity index (χ3v) is 6.29. The normalized spacial score (nSPS) is 18.1. The van der Waals surface area contributed by atoms with E-state index in [-0.39, 0.29) is 49.4 Å². The lowest BCUT2D eigenvalue weighted by molar-refractivity contribution is -0.136. The highest BCUT2D eigenvalue weighted by Crippen LogP contribution is 2.34. The van der Waals surface area contributed by atoms with Crippen molar-refractivity contribution in [3.05, 3.63) is 69.9 Å². The van der Waals surface area contributed by atoms with Crippen LogP contribution in [0.4, 0.5) is 0 Å². The van der Waals surface area contributed by atoms with Gasteiger partial charge in [-0.1, -0.05) is 35.9 Å². The molecule has 162 valence electrons. The Balaban J connectivity index is 1.32. The quantitative estimate of drug-likeness (QED) is 0.593. The molecule has 1 saturated heterocycles. The van der Waals surface area contributed by atoms with Gasteiger partial charge in [0.2, 0.25) is 11.8 Å². The molecule has 2 aliphatic heterocycles. The summed E-state index contributed by atoms with van der Waals surface area (Å²) < 4.78 is 5.58. The molecule has 9 heteroatoms. The van der Waals surface area contributed by atoms with E-state index in [4.69, 9.17) is 16.0 Å². The van der Waals surface area contributed by atoms with Crippen molar-refractivity contribution in [2.45, 2.75) is 32.0 Å². The van der Waals surface area contributed by atoms with Crippen LogP contribution in [0.25, 0.3) is 11.0 Å². The Morgan fingerprint density at radius 1 is 1.19 bits per heavy atom. The van der Waals surface area contributed by atoms with Crippen molar-refractivity contribution in [3.63, 3.8) is 0 Å². The van der Waals surface area contributed by atoms with Crippen LogP contribution in [0.5, 0.6) is 0 Å². The number of imide groups is 1.